The molecular formula is C14H9BrCl2N2O. The van der Waals surface area contributed by atoms with E-state index in [1.54, 1.807) is 36.4 Å². The second-order valence-electron chi connectivity index (χ2n) is 3.88. The normalized spacial score (nSPS) is 10.8. The summed E-state index contributed by atoms with van der Waals surface area (Å²) in [6.45, 7) is 0. The number of hydrogen-bond acceptors (Lipinski definition) is 2. The van der Waals surface area contributed by atoms with Crippen molar-refractivity contribution in [3.8, 4) is 0 Å². The molecule has 6 heteroatoms. The van der Waals surface area contributed by atoms with Crippen molar-refractivity contribution in [1.82, 2.24) is 5.43 Å². The van der Waals surface area contributed by atoms with E-state index in [2.05, 4.69) is 26.5 Å². The van der Waals surface area contributed by atoms with Gasteiger partial charge in [0.2, 0.25) is 0 Å². The quantitative estimate of drug-likeness (QED) is 0.625. The fourth-order valence-electron chi connectivity index (χ4n) is 1.45. The van der Waals surface area contributed by atoms with E-state index in [0.717, 1.165) is 10.0 Å². The van der Waals surface area contributed by atoms with Crippen LogP contribution < -0.4 is 5.43 Å². The molecule has 2 rings (SSSR count). The van der Waals surface area contributed by atoms with Gasteiger partial charge >= 0.3 is 0 Å². The second-order valence-corrected chi connectivity index (χ2v) is 5.61. The van der Waals surface area contributed by atoms with Crippen molar-refractivity contribution in [3.63, 3.8) is 0 Å². The van der Waals surface area contributed by atoms with Crippen molar-refractivity contribution in [2.45, 2.75) is 0 Å². The van der Waals surface area contributed by atoms with Crippen molar-refractivity contribution >= 4 is 51.3 Å². The van der Waals surface area contributed by atoms with Gasteiger partial charge in [-0.25, -0.2) is 5.43 Å². The molecule has 0 spiro atoms. The maximum atomic E-state index is 11.8. The van der Waals surface area contributed by atoms with Gasteiger partial charge in [0.25, 0.3) is 5.91 Å². The number of carbonyl (C=O) groups excluding carboxylic acids is 1. The number of amides is 1. The van der Waals surface area contributed by atoms with E-state index in [1.165, 1.54) is 6.21 Å². The van der Waals surface area contributed by atoms with Crippen LogP contribution in [0.4, 0.5) is 0 Å². The summed E-state index contributed by atoms with van der Waals surface area (Å²) < 4.78 is 0.832. The van der Waals surface area contributed by atoms with E-state index in [0.29, 0.717) is 15.6 Å². The number of nitrogens with one attached hydrogen (secondary N) is 1. The first kappa shape index (κ1) is 15.0. The summed E-state index contributed by atoms with van der Waals surface area (Å²) in [5, 5.41) is 4.79. The fraction of sp³-hybridized carbons (Fsp3) is 0. The largest absolute Gasteiger partial charge is 0.271 e. The predicted molar refractivity (Wildman–Crippen MR) is 85.7 cm³/mol. The summed E-state index contributed by atoms with van der Waals surface area (Å²) in [5.74, 6) is -0.289. The third-order valence-corrected chi connectivity index (χ3v) is 3.64. The Bertz CT molecular complexity index is 674. The molecule has 0 unspecified atom stereocenters. The summed E-state index contributed by atoms with van der Waals surface area (Å²) >= 11 is 15.0. The highest BCUT2D eigenvalue weighted by Crippen LogP contribution is 2.21. The van der Waals surface area contributed by atoms with Crippen molar-refractivity contribution < 1.29 is 4.79 Å². The summed E-state index contributed by atoms with van der Waals surface area (Å²) in [6.07, 6.45) is 1.50. The minimum absolute atomic E-state index is 0.289. The lowest BCUT2D eigenvalue weighted by Gasteiger charge is -2.00. The zero-order chi connectivity index (χ0) is 14.5. The molecule has 2 aromatic carbocycles. The van der Waals surface area contributed by atoms with Gasteiger partial charge in [0.1, 0.15) is 0 Å². The summed E-state index contributed by atoms with van der Waals surface area (Å²) in [7, 11) is 0. The molecule has 0 bridgehead atoms. The van der Waals surface area contributed by atoms with Crippen molar-refractivity contribution in [1.29, 1.82) is 0 Å². The van der Waals surface area contributed by atoms with Crippen LogP contribution in [0.25, 0.3) is 0 Å². The van der Waals surface area contributed by atoms with Gasteiger partial charge in [-0.15, -0.1) is 0 Å². The molecule has 0 saturated heterocycles. The van der Waals surface area contributed by atoms with Crippen LogP contribution in [-0.2, 0) is 0 Å². The van der Waals surface area contributed by atoms with Crippen molar-refractivity contribution in [2.75, 3.05) is 0 Å². The molecule has 0 aromatic heterocycles. The van der Waals surface area contributed by atoms with Crippen LogP contribution in [0, 0.1) is 0 Å². The molecule has 0 saturated carbocycles. The topological polar surface area (TPSA) is 41.5 Å². The van der Waals surface area contributed by atoms with Crippen LogP contribution in [-0.4, -0.2) is 12.1 Å². The molecule has 1 N–H and O–H groups in total. The Labute approximate surface area is 134 Å². The molecule has 0 aliphatic heterocycles. The lowest BCUT2D eigenvalue weighted by atomic mass is 10.2. The van der Waals surface area contributed by atoms with Crippen LogP contribution >= 0.6 is 39.1 Å². The Kier molecular flexibility index (Phi) is 5.17. The van der Waals surface area contributed by atoms with Crippen LogP contribution in [0.3, 0.4) is 0 Å². The summed E-state index contributed by atoms with van der Waals surface area (Å²) in [6, 6.07) is 12.1. The highest BCUT2D eigenvalue weighted by atomic mass is 79.9. The molecular weight excluding hydrogens is 363 g/mol. The zero-order valence-electron chi connectivity index (χ0n) is 10.1. The first-order chi connectivity index (χ1) is 9.56. The highest BCUT2D eigenvalue weighted by Gasteiger charge is 2.03. The molecule has 0 fully saturated rings. The Morgan fingerprint density at radius 3 is 2.65 bits per heavy atom. The minimum atomic E-state index is -0.289. The fourth-order valence-corrected chi connectivity index (χ4v) is 2.16. The number of hydrazone groups is 1. The van der Waals surface area contributed by atoms with E-state index in [4.69, 9.17) is 23.2 Å². The van der Waals surface area contributed by atoms with Crippen LogP contribution in [0.5, 0.6) is 0 Å². The second kappa shape index (κ2) is 6.88. The monoisotopic (exact) mass is 370 g/mol. The number of nitrogens with zero attached hydrogens (tertiary/aromatic N) is 1. The molecule has 0 atom stereocenters. The molecule has 0 aliphatic rings. The molecule has 0 aliphatic carbocycles. The average Bonchev–Trinajstić information content (AvgIpc) is 2.42. The Morgan fingerprint density at radius 1 is 1.15 bits per heavy atom. The third kappa shape index (κ3) is 4.07. The molecule has 0 radical (unpaired) electrons. The van der Waals surface area contributed by atoms with E-state index in [1.807, 2.05) is 6.07 Å². The predicted octanol–water partition coefficient (Wildman–Crippen LogP) is 4.52. The number of hydrogen-bond donors (Lipinski definition) is 1. The van der Waals surface area contributed by atoms with Crippen LogP contribution in [0.2, 0.25) is 10.0 Å². The van der Waals surface area contributed by atoms with E-state index in [9.17, 15) is 4.79 Å². The molecule has 102 valence electrons. The third-order valence-electron chi connectivity index (χ3n) is 2.41. The van der Waals surface area contributed by atoms with Crippen LogP contribution in [0.15, 0.2) is 52.0 Å². The van der Waals surface area contributed by atoms with E-state index in [-0.39, 0.29) is 5.91 Å². The maximum absolute atomic E-state index is 11.8. The Morgan fingerprint density at radius 2 is 1.95 bits per heavy atom. The standard InChI is InChI=1S/C14H9BrCl2N2O/c15-11-3-1-2-10(7-11)14(20)19-18-8-9-4-5-12(16)13(17)6-9/h1-8H,(H,19,20)/b18-8+. The Hall–Kier alpha value is -1.36. The maximum Gasteiger partial charge on any atom is 0.271 e. The highest BCUT2D eigenvalue weighted by molar-refractivity contribution is 9.10. The minimum Gasteiger partial charge on any atom is -0.267 e. The van der Waals surface area contributed by atoms with Gasteiger partial charge in [-0.05, 0) is 35.9 Å². The molecule has 3 nitrogen and oxygen atoms in total. The summed E-state index contributed by atoms with van der Waals surface area (Å²) in [5.41, 5.74) is 3.71. The lowest BCUT2D eigenvalue weighted by molar-refractivity contribution is 0.0955. The molecule has 2 aromatic rings. The van der Waals surface area contributed by atoms with Gasteiger partial charge in [-0.2, -0.15) is 5.10 Å². The van der Waals surface area contributed by atoms with E-state index >= 15 is 0 Å². The van der Waals surface area contributed by atoms with Gasteiger partial charge in [0.05, 0.1) is 16.3 Å². The average molecular weight is 372 g/mol. The van der Waals surface area contributed by atoms with Gasteiger partial charge in [-0.3, -0.25) is 4.79 Å². The number of benzene rings is 2. The number of rotatable bonds is 3. The SMILES string of the molecule is O=C(N/N=C/c1ccc(Cl)c(Cl)c1)c1cccc(Br)c1. The Balaban J connectivity index is 2.02. The molecule has 20 heavy (non-hydrogen) atoms. The van der Waals surface area contributed by atoms with Crippen molar-refractivity contribution in [2.24, 2.45) is 5.10 Å². The van der Waals surface area contributed by atoms with Gasteiger partial charge < -0.3 is 0 Å². The first-order valence-electron chi connectivity index (χ1n) is 5.60. The number of carbonyl (C=O) groups is 1. The molecule has 0 heterocycles. The van der Waals surface area contributed by atoms with Gasteiger partial charge in [0.15, 0.2) is 0 Å². The molecule has 1 amide bonds. The summed E-state index contributed by atoms with van der Waals surface area (Å²) in [4.78, 5) is 11.8. The zero-order valence-corrected chi connectivity index (χ0v) is 13.2. The van der Waals surface area contributed by atoms with Gasteiger partial charge in [-0.1, -0.05) is 51.3 Å². The van der Waals surface area contributed by atoms with Crippen molar-refractivity contribution in [3.05, 3.63) is 68.1 Å². The number of halogens is 3. The first-order valence-corrected chi connectivity index (χ1v) is 7.15. The van der Waals surface area contributed by atoms with Gasteiger partial charge in [0, 0.05) is 10.0 Å². The van der Waals surface area contributed by atoms with E-state index < -0.39 is 0 Å². The lowest BCUT2D eigenvalue weighted by Crippen LogP contribution is -2.17. The smallest absolute Gasteiger partial charge is 0.267 e. The van der Waals surface area contributed by atoms with Crippen LogP contribution in [0.1, 0.15) is 15.9 Å².